The van der Waals surface area contributed by atoms with Gasteiger partial charge in [-0.2, -0.15) is 0 Å². The number of aliphatic hydroxyl groups is 2. The Kier molecular flexibility index (Phi) is 7.33. The van der Waals surface area contributed by atoms with E-state index in [0.29, 0.717) is 19.6 Å². The van der Waals surface area contributed by atoms with Crippen LogP contribution in [0.1, 0.15) is 31.7 Å². The van der Waals surface area contributed by atoms with Crippen molar-refractivity contribution in [1.29, 1.82) is 0 Å². The fourth-order valence-electron chi connectivity index (χ4n) is 1.83. The van der Waals surface area contributed by atoms with Gasteiger partial charge in [0, 0.05) is 13.0 Å². The van der Waals surface area contributed by atoms with Crippen molar-refractivity contribution in [2.45, 2.75) is 45.0 Å². The van der Waals surface area contributed by atoms with E-state index in [1.807, 2.05) is 30.3 Å². The lowest BCUT2D eigenvalue weighted by atomic mass is 10.1. The second kappa shape index (κ2) is 8.80. The highest BCUT2D eigenvalue weighted by atomic mass is 16.5. The van der Waals surface area contributed by atoms with Crippen LogP contribution < -0.4 is 0 Å². The molecule has 0 spiro atoms. The first kappa shape index (κ1) is 15.8. The van der Waals surface area contributed by atoms with Crippen molar-refractivity contribution in [3.8, 4) is 0 Å². The van der Waals surface area contributed by atoms with Gasteiger partial charge < -0.3 is 14.9 Å². The Balaban J connectivity index is 2.10. The molecule has 2 N–H and O–H groups in total. The molecule has 19 heavy (non-hydrogen) atoms. The Morgan fingerprint density at radius 1 is 1.21 bits per heavy atom. The lowest BCUT2D eigenvalue weighted by Gasteiger charge is -2.14. The highest BCUT2D eigenvalue weighted by Gasteiger charge is 2.13. The van der Waals surface area contributed by atoms with Crippen LogP contribution in [0.4, 0.5) is 0 Å². The highest BCUT2D eigenvalue weighted by molar-refractivity contribution is 5.75. The number of hydrogen-bond donors (Lipinski definition) is 2. The van der Waals surface area contributed by atoms with Crippen molar-refractivity contribution in [3.05, 3.63) is 35.9 Å². The summed E-state index contributed by atoms with van der Waals surface area (Å²) in [6, 6.07) is 9.81. The number of Topliss-reactive ketones (excluding diaryl/α,β-unsaturated/α-hetero) is 1. The van der Waals surface area contributed by atoms with E-state index in [2.05, 4.69) is 0 Å². The van der Waals surface area contributed by atoms with Gasteiger partial charge in [-0.05, 0) is 25.3 Å². The fraction of sp³-hybridized carbons (Fsp3) is 0.533. The molecule has 0 aliphatic heterocycles. The molecule has 0 aliphatic rings. The van der Waals surface area contributed by atoms with E-state index >= 15 is 0 Å². The number of rotatable bonds is 9. The topological polar surface area (TPSA) is 66.8 Å². The maximum Gasteiger partial charge on any atom is 0.132 e. The van der Waals surface area contributed by atoms with Gasteiger partial charge in [0.1, 0.15) is 5.78 Å². The standard InChI is InChI=1S/C15H22O4/c1-12(16)9-15(18)10-14(17)7-8-19-11-13-5-3-2-4-6-13/h2-6,14-15,17-18H,7-11H2,1H3/t14-,15-/m0/s1. The van der Waals surface area contributed by atoms with E-state index < -0.39 is 12.2 Å². The molecule has 2 atom stereocenters. The van der Waals surface area contributed by atoms with Gasteiger partial charge in [-0.1, -0.05) is 30.3 Å². The molecule has 0 amide bonds. The summed E-state index contributed by atoms with van der Waals surface area (Å²) in [5.74, 6) is -0.0694. The van der Waals surface area contributed by atoms with Crippen LogP contribution in [0.15, 0.2) is 30.3 Å². The maximum absolute atomic E-state index is 10.8. The van der Waals surface area contributed by atoms with Crippen LogP contribution >= 0.6 is 0 Å². The largest absolute Gasteiger partial charge is 0.393 e. The summed E-state index contributed by atoms with van der Waals surface area (Å²) in [7, 11) is 0. The van der Waals surface area contributed by atoms with Crippen LogP contribution in [0.25, 0.3) is 0 Å². The van der Waals surface area contributed by atoms with Crippen LogP contribution in [0.5, 0.6) is 0 Å². The predicted octanol–water partition coefficient (Wildman–Crippen LogP) is 1.68. The summed E-state index contributed by atoms with van der Waals surface area (Å²) < 4.78 is 5.44. The highest BCUT2D eigenvalue weighted by Crippen LogP contribution is 2.07. The van der Waals surface area contributed by atoms with Crippen LogP contribution in [0, 0.1) is 0 Å². The molecule has 1 rings (SSSR count). The number of carbonyl (C=O) groups is 1. The number of hydrogen-bond acceptors (Lipinski definition) is 4. The lowest BCUT2D eigenvalue weighted by Crippen LogP contribution is -2.21. The van der Waals surface area contributed by atoms with Gasteiger partial charge in [-0.3, -0.25) is 4.79 Å². The van der Waals surface area contributed by atoms with Crippen molar-refractivity contribution < 1.29 is 19.7 Å². The van der Waals surface area contributed by atoms with Crippen LogP contribution in [0.3, 0.4) is 0 Å². The van der Waals surface area contributed by atoms with Gasteiger partial charge in [-0.15, -0.1) is 0 Å². The third-order valence-electron chi connectivity index (χ3n) is 2.77. The van der Waals surface area contributed by atoms with Gasteiger partial charge in [0.15, 0.2) is 0 Å². The Morgan fingerprint density at radius 2 is 1.89 bits per heavy atom. The summed E-state index contributed by atoms with van der Waals surface area (Å²) in [6.45, 7) is 2.38. The Morgan fingerprint density at radius 3 is 2.53 bits per heavy atom. The molecule has 4 nitrogen and oxygen atoms in total. The predicted molar refractivity (Wildman–Crippen MR) is 72.6 cm³/mol. The van der Waals surface area contributed by atoms with Crippen molar-refractivity contribution in [3.63, 3.8) is 0 Å². The number of carbonyl (C=O) groups excluding carboxylic acids is 1. The molecule has 0 saturated heterocycles. The van der Waals surface area contributed by atoms with Crippen molar-refractivity contribution in [2.24, 2.45) is 0 Å². The first-order valence-corrected chi connectivity index (χ1v) is 6.55. The summed E-state index contributed by atoms with van der Waals surface area (Å²) in [5, 5.41) is 19.2. The van der Waals surface area contributed by atoms with Crippen LogP contribution in [0.2, 0.25) is 0 Å². The average Bonchev–Trinajstić information content (AvgIpc) is 2.35. The molecule has 1 aromatic rings. The Labute approximate surface area is 114 Å². The molecule has 0 saturated carbocycles. The molecule has 0 fully saturated rings. The monoisotopic (exact) mass is 266 g/mol. The maximum atomic E-state index is 10.8. The first-order chi connectivity index (χ1) is 9.08. The van der Waals surface area contributed by atoms with Crippen molar-refractivity contribution in [2.75, 3.05) is 6.61 Å². The first-order valence-electron chi connectivity index (χ1n) is 6.55. The normalized spacial score (nSPS) is 14.1. The fourth-order valence-corrected chi connectivity index (χ4v) is 1.83. The average molecular weight is 266 g/mol. The lowest BCUT2D eigenvalue weighted by molar-refractivity contribution is -0.119. The molecule has 4 heteroatoms. The molecular weight excluding hydrogens is 244 g/mol. The molecule has 1 aromatic carbocycles. The quantitative estimate of drug-likeness (QED) is 0.667. The molecule has 0 aromatic heterocycles. The molecule has 0 bridgehead atoms. The zero-order chi connectivity index (χ0) is 14.1. The third-order valence-corrected chi connectivity index (χ3v) is 2.77. The van der Waals surface area contributed by atoms with Crippen molar-refractivity contribution >= 4 is 5.78 Å². The zero-order valence-corrected chi connectivity index (χ0v) is 11.3. The Hall–Kier alpha value is -1.23. The second-order valence-corrected chi connectivity index (χ2v) is 4.78. The molecule has 0 heterocycles. The summed E-state index contributed by atoms with van der Waals surface area (Å²) >= 11 is 0. The summed E-state index contributed by atoms with van der Waals surface area (Å²) in [4.78, 5) is 10.8. The van der Waals surface area contributed by atoms with Gasteiger partial charge in [0.25, 0.3) is 0 Å². The minimum absolute atomic E-state index is 0.0694. The van der Waals surface area contributed by atoms with Gasteiger partial charge in [0.2, 0.25) is 0 Å². The number of ketones is 1. The van der Waals surface area contributed by atoms with Crippen LogP contribution in [-0.2, 0) is 16.1 Å². The van der Waals surface area contributed by atoms with Gasteiger partial charge >= 0.3 is 0 Å². The smallest absolute Gasteiger partial charge is 0.132 e. The number of aliphatic hydroxyl groups excluding tert-OH is 2. The second-order valence-electron chi connectivity index (χ2n) is 4.78. The van der Waals surface area contributed by atoms with E-state index in [9.17, 15) is 15.0 Å². The Bertz CT molecular complexity index is 364. The summed E-state index contributed by atoms with van der Waals surface area (Å²) in [6.07, 6.45) is -0.621. The van der Waals surface area contributed by atoms with E-state index in [-0.39, 0.29) is 18.6 Å². The number of ether oxygens (including phenoxy) is 1. The summed E-state index contributed by atoms with van der Waals surface area (Å²) in [5.41, 5.74) is 1.09. The van der Waals surface area contributed by atoms with E-state index in [0.717, 1.165) is 5.56 Å². The molecule has 0 unspecified atom stereocenters. The zero-order valence-electron chi connectivity index (χ0n) is 11.3. The third kappa shape index (κ3) is 7.72. The van der Waals surface area contributed by atoms with Crippen LogP contribution in [-0.4, -0.2) is 34.8 Å². The molecular formula is C15H22O4. The minimum atomic E-state index is -0.762. The van der Waals surface area contributed by atoms with E-state index in [1.165, 1.54) is 6.92 Å². The molecule has 0 aliphatic carbocycles. The molecule has 106 valence electrons. The van der Waals surface area contributed by atoms with Gasteiger partial charge in [0.05, 0.1) is 18.8 Å². The van der Waals surface area contributed by atoms with Gasteiger partial charge in [-0.25, -0.2) is 0 Å². The van der Waals surface area contributed by atoms with Crippen molar-refractivity contribution in [1.82, 2.24) is 0 Å². The van der Waals surface area contributed by atoms with E-state index in [4.69, 9.17) is 4.74 Å². The van der Waals surface area contributed by atoms with E-state index in [1.54, 1.807) is 0 Å². The SMILES string of the molecule is CC(=O)C[C@H](O)C[C@@H](O)CCOCc1ccccc1. The minimum Gasteiger partial charge on any atom is -0.393 e. The molecule has 0 radical (unpaired) electrons. The number of benzene rings is 1.